The van der Waals surface area contributed by atoms with Gasteiger partial charge in [-0.15, -0.1) is 0 Å². The number of para-hydroxylation sites is 1. The molecule has 0 aliphatic carbocycles. The largest absolute Gasteiger partial charge is 0.550 e. The van der Waals surface area contributed by atoms with Crippen molar-refractivity contribution < 1.29 is 19.4 Å². The summed E-state index contributed by atoms with van der Waals surface area (Å²) >= 11 is 0. The van der Waals surface area contributed by atoms with Crippen molar-refractivity contribution in [2.75, 3.05) is 12.4 Å². The average Bonchev–Trinajstić information content (AvgIpc) is 2.60. The summed E-state index contributed by atoms with van der Waals surface area (Å²) in [5.41, 5.74) is 1.49. The van der Waals surface area contributed by atoms with Gasteiger partial charge < -0.3 is 20.0 Å². The Bertz CT molecular complexity index is 682. The SMILES string of the molecule is COc1ccc(C[C@H](C(=O)Nc2ccccc2)[C@@H](C)C(=O)[O-])cc1. The third-order valence-corrected chi connectivity index (χ3v) is 3.97. The Kier molecular flexibility index (Phi) is 5.95. The van der Waals surface area contributed by atoms with Crippen molar-refractivity contribution in [2.45, 2.75) is 13.3 Å². The molecular formula is C19H20NO4-. The van der Waals surface area contributed by atoms with E-state index in [0.29, 0.717) is 17.9 Å². The maximum atomic E-state index is 12.6. The molecule has 0 aliphatic heterocycles. The Hall–Kier alpha value is -2.82. The highest BCUT2D eigenvalue weighted by molar-refractivity contribution is 5.95. The van der Waals surface area contributed by atoms with Crippen LogP contribution in [0.15, 0.2) is 54.6 Å². The number of benzene rings is 2. The van der Waals surface area contributed by atoms with Gasteiger partial charge in [0.15, 0.2) is 0 Å². The van der Waals surface area contributed by atoms with Crippen LogP contribution in [0, 0.1) is 11.8 Å². The molecule has 24 heavy (non-hydrogen) atoms. The second-order valence-electron chi connectivity index (χ2n) is 5.62. The van der Waals surface area contributed by atoms with E-state index in [2.05, 4.69) is 5.32 Å². The van der Waals surface area contributed by atoms with E-state index >= 15 is 0 Å². The van der Waals surface area contributed by atoms with Crippen LogP contribution in [0.4, 0.5) is 5.69 Å². The number of rotatable bonds is 7. The molecule has 0 bridgehead atoms. The van der Waals surface area contributed by atoms with Gasteiger partial charge in [-0.3, -0.25) is 4.79 Å². The Balaban J connectivity index is 2.17. The second kappa shape index (κ2) is 8.15. The fourth-order valence-corrected chi connectivity index (χ4v) is 2.43. The molecule has 0 aliphatic rings. The number of carboxylic acid groups (broad SMARTS) is 1. The average molecular weight is 326 g/mol. The van der Waals surface area contributed by atoms with E-state index < -0.39 is 17.8 Å². The predicted molar refractivity (Wildman–Crippen MR) is 89.4 cm³/mol. The molecule has 5 nitrogen and oxygen atoms in total. The summed E-state index contributed by atoms with van der Waals surface area (Å²) in [5, 5.41) is 14.0. The van der Waals surface area contributed by atoms with E-state index in [1.54, 1.807) is 43.5 Å². The number of carbonyl (C=O) groups is 2. The van der Waals surface area contributed by atoms with Crippen LogP contribution < -0.4 is 15.2 Å². The number of hydrogen-bond donors (Lipinski definition) is 1. The van der Waals surface area contributed by atoms with E-state index in [-0.39, 0.29) is 5.91 Å². The minimum absolute atomic E-state index is 0.303. The minimum Gasteiger partial charge on any atom is -0.550 e. The molecule has 5 heteroatoms. The zero-order valence-corrected chi connectivity index (χ0v) is 13.7. The Morgan fingerprint density at radius 3 is 2.25 bits per heavy atom. The van der Waals surface area contributed by atoms with Gasteiger partial charge >= 0.3 is 0 Å². The van der Waals surface area contributed by atoms with Gasteiger partial charge in [0.2, 0.25) is 5.91 Å². The van der Waals surface area contributed by atoms with Gasteiger partial charge in [-0.2, -0.15) is 0 Å². The molecule has 2 atom stereocenters. The maximum Gasteiger partial charge on any atom is 0.228 e. The fourth-order valence-electron chi connectivity index (χ4n) is 2.43. The Morgan fingerprint density at radius 2 is 1.71 bits per heavy atom. The van der Waals surface area contributed by atoms with E-state index in [0.717, 1.165) is 5.56 Å². The van der Waals surface area contributed by atoms with Crippen LogP contribution in [-0.2, 0) is 16.0 Å². The fraction of sp³-hybridized carbons (Fsp3) is 0.263. The molecule has 2 rings (SSSR count). The van der Waals surface area contributed by atoms with Gasteiger partial charge in [0.25, 0.3) is 0 Å². The van der Waals surface area contributed by atoms with Gasteiger partial charge in [0, 0.05) is 17.6 Å². The topological polar surface area (TPSA) is 78.5 Å². The number of methoxy groups -OCH3 is 1. The molecule has 2 aromatic rings. The summed E-state index contributed by atoms with van der Waals surface area (Å²) in [5.74, 6) is -2.51. The first-order chi connectivity index (χ1) is 11.5. The van der Waals surface area contributed by atoms with Crippen LogP contribution in [0.1, 0.15) is 12.5 Å². The van der Waals surface area contributed by atoms with Crippen molar-refractivity contribution in [3.8, 4) is 5.75 Å². The zero-order valence-electron chi connectivity index (χ0n) is 13.7. The smallest absolute Gasteiger partial charge is 0.228 e. The number of carboxylic acids is 1. The van der Waals surface area contributed by atoms with Crippen LogP contribution in [0.3, 0.4) is 0 Å². The molecule has 0 saturated heterocycles. The van der Waals surface area contributed by atoms with Crippen LogP contribution >= 0.6 is 0 Å². The van der Waals surface area contributed by atoms with Crippen molar-refractivity contribution in [1.29, 1.82) is 0 Å². The molecule has 0 spiro atoms. The third-order valence-electron chi connectivity index (χ3n) is 3.97. The number of amides is 1. The van der Waals surface area contributed by atoms with Crippen LogP contribution in [0.2, 0.25) is 0 Å². The first-order valence-corrected chi connectivity index (χ1v) is 7.71. The van der Waals surface area contributed by atoms with Crippen LogP contribution in [0.5, 0.6) is 5.75 Å². The first kappa shape index (κ1) is 17.5. The molecule has 2 aromatic carbocycles. The quantitative estimate of drug-likeness (QED) is 0.842. The van der Waals surface area contributed by atoms with Crippen molar-refractivity contribution in [3.63, 3.8) is 0 Å². The molecule has 126 valence electrons. The summed E-state index contributed by atoms with van der Waals surface area (Å²) in [4.78, 5) is 23.8. The lowest BCUT2D eigenvalue weighted by molar-refractivity contribution is -0.312. The molecule has 0 radical (unpaired) electrons. The zero-order chi connectivity index (χ0) is 17.5. The van der Waals surface area contributed by atoms with E-state index in [9.17, 15) is 14.7 Å². The first-order valence-electron chi connectivity index (χ1n) is 7.71. The highest BCUT2D eigenvalue weighted by atomic mass is 16.5. The number of hydrogen-bond acceptors (Lipinski definition) is 4. The summed E-state index contributed by atoms with van der Waals surface area (Å²) < 4.78 is 5.10. The third kappa shape index (κ3) is 4.59. The number of carbonyl (C=O) groups excluding carboxylic acids is 2. The standard InChI is InChI=1S/C19H21NO4/c1-13(19(22)23)17(12-14-8-10-16(24-2)11-9-14)18(21)20-15-6-4-3-5-7-15/h3-11,13,17H,12H2,1-2H3,(H,20,21)(H,22,23)/p-1/t13-,17+/m1/s1. The monoisotopic (exact) mass is 326 g/mol. The lowest BCUT2D eigenvalue weighted by Gasteiger charge is -2.24. The van der Waals surface area contributed by atoms with Crippen molar-refractivity contribution in [3.05, 3.63) is 60.2 Å². The number of anilines is 1. The normalized spacial score (nSPS) is 12.9. The summed E-state index contributed by atoms with van der Waals surface area (Å²) in [6, 6.07) is 16.2. The molecule has 1 N–H and O–H groups in total. The van der Waals surface area contributed by atoms with Gasteiger partial charge in [-0.05, 0) is 36.2 Å². The molecule has 1 amide bonds. The lowest BCUT2D eigenvalue weighted by atomic mass is 9.87. The summed E-state index contributed by atoms with van der Waals surface area (Å²) in [6.45, 7) is 1.49. The van der Waals surface area contributed by atoms with E-state index in [1.165, 1.54) is 6.92 Å². The molecular weight excluding hydrogens is 306 g/mol. The predicted octanol–water partition coefficient (Wildman–Crippen LogP) is 1.88. The number of aliphatic carboxylic acids is 1. The van der Waals surface area contributed by atoms with Gasteiger partial charge in [-0.1, -0.05) is 37.3 Å². The highest BCUT2D eigenvalue weighted by Gasteiger charge is 2.26. The summed E-state index contributed by atoms with van der Waals surface area (Å²) in [6.07, 6.45) is 0.303. The lowest BCUT2D eigenvalue weighted by Crippen LogP contribution is -2.40. The van der Waals surface area contributed by atoms with Crippen molar-refractivity contribution in [1.82, 2.24) is 0 Å². The van der Waals surface area contributed by atoms with Crippen LogP contribution in [-0.4, -0.2) is 19.0 Å². The minimum atomic E-state index is -1.24. The van der Waals surface area contributed by atoms with Crippen molar-refractivity contribution in [2.24, 2.45) is 11.8 Å². The van der Waals surface area contributed by atoms with Gasteiger partial charge in [0.1, 0.15) is 5.75 Å². The highest BCUT2D eigenvalue weighted by Crippen LogP contribution is 2.21. The van der Waals surface area contributed by atoms with E-state index in [4.69, 9.17) is 4.74 Å². The second-order valence-corrected chi connectivity index (χ2v) is 5.62. The Labute approximate surface area is 141 Å². The molecule has 0 saturated carbocycles. The Morgan fingerprint density at radius 1 is 1.08 bits per heavy atom. The van der Waals surface area contributed by atoms with E-state index in [1.807, 2.05) is 18.2 Å². The molecule has 0 heterocycles. The molecule has 0 fully saturated rings. The van der Waals surface area contributed by atoms with Gasteiger partial charge in [-0.25, -0.2) is 0 Å². The van der Waals surface area contributed by atoms with Crippen LogP contribution in [0.25, 0.3) is 0 Å². The van der Waals surface area contributed by atoms with Gasteiger partial charge in [0.05, 0.1) is 13.0 Å². The molecule has 0 unspecified atom stereocenters. The number of nitrogens with one attached hydrogen (secondary N) is 1. The summed E-state index contributed by atoms with van der Waals surface area (Å²) in [7, 11) is 1.57. The molecule has 0 aromatic heterocycles. The maximum absolute atomic E-state index is 12.6. The van der Waals surface area contributed by atoms with Crippen molar-refractivity contribution >= 4 is 17.6 Å². The number of ether oxygens (including phenoxy) is 1.